The molecule has 0 aromatic heterocycles. The van der Waals surface area contributed by atoms with Crippen molar-refractivity contribution in [3.05, 3.63) is 0 Å². The zero-order valence-corrected chi connectivity index (χ0v) is 8.61. The maximum Gasteiger partial charge on any atom is 0.311 e. The summed E-state index contributed by atoms with van der Waals surface area (Å²) in [6.07, 6.45) is 0.0331. The van der Waals surface area contributed by atoms with Gasteiger partial charge in [-0.05, 0) is 20.8 Å². The summed E-state index contributed by atoms with van der Waals surface area (Å²) in [5.41, 5.74) is -0.553. The molecule has 0 saturated carbocycles. The third-order valence-electron chi connectivity index (χ3n) is 1.84. The molecule has 1 aliphatic rings. The summed E-state index contributed by atoms with van der Waals surface area (Å²) in [6.45, 7) is 5.32. The van der Waals surface area contributed by atoms with E-state index < -0.39 is 23.4 Å². The predicted octanol–water partition coefficient (Wildman–Crippen LogP) is 0.566. The molecule has 1 atom stereocenters. The maximum absolute atomic E-state index is 11.4. The first-order valence-corrected chi connectivity index (χ1v) is 4.52. The van der Waals surface area contributed by atoms with Crippen molar-refractivity contribution in [3.63, 3.8) is 0 Å². The van der Waals surface area contributed by atoms with E-state index in [1.165, 1.54) is 0 Å². The van der Waals surface area contributed by atoms with Crippen LogP contribution in [0.1, 0.15) is 27.2 Å². The number of hydrogen-bond donors (Lipinski definition) is 1. The van der Waals surface area contributed by atoms with Gasteiger partial charge >= 0.3 is 5.97 Å². The van der Waals surface area contributed by atoms with Crippen LogP contribution in [0.5, 0.6) is 0 Å². The summed E-state index contributed by atoms with van der Waals surface area (Å²) in [7, 11) is 0. The first-order valence-electron chi connectivity index (χ1n) is 4.52. The first kappa shape index (κ1) is 11.0. The van der Waals surface area contributed by atoms with Crippen LogP contribution >= 0.6 is 0 Å². The molecule has 14 heavy (non-hydrogen) atoms. The Kier molecular flexibility index (Phi) is 2.80. The lowest BCUT2D eigenvalue weighted by atomic mass is 10.1. The van der Waals surface area contributed by atoms with Gasteiger partial charge in [0.15, 0.2) is 0 Å². The van der Waals surface area contributed by atoms with Gasteiger partial charge in [0, 0.05) is 6.42 Å². The number of carbonyl (C=O) groups excluding carboxylic acids is 2. The van der Waals surface area contributed by atoms with Gasteiger partial charge in [0.1, 0.15) is 5.60 Å². The fourth-order valence-corrected chi connectivity index (χ4v) is 1.23. The van der Waals surface area contributed by atoms with Crippen LogP contribution in [0.2, 0.25) is 0 Å². The molecule has 0 aliphatic carbocycles. The van der Waals surface area contributed by atoms with Crippen molar-refractivity contribution < 1.29 is 19.5 Å². The third-order valence-corrected chi connectivity index (χ3v) is 1.84. The zero-order chi connectivity index (χ0) is 10.9. The van der Waals surface area contributed by atoms with Crippen molar-refractivity contribution in [1.82, 2.24) is 5.06 Å². The third kappa shape index (κ3) is 2.70. The van der Waals surface area contributed by atoms with Crippen LogP contribution < -0.4 is 0 Å². The van der Waals surface area contributed by atoms with Crippen molar-refractivity contribution in [2.75, 3.05) is 6.54 Å². The highest BCUT2D eigenvalue weighted by Gasteiger charge is 2.36. The molecule has 0 unspecified atom stereocenters. The van der Waals surface area contributed by atoms with E-state index >= 15 is 0 Å². The highest BCUT2D eigenvalue weighted by molar-refractivity contribution is 5.86. The van der Waals surface area contributed by atoms with Gasteiger partial charge < -0.3 is 4.74 Å². The molecule has 0 aromatic rings. The molecule has 1 aliphatic heterocycles. The van der Waals surface area contributed by atoms with Gasteiger partial charge in [0.2, 0.25) is 5.91 Å². The van der Waals surface area contributed by atoms with E-state index in [1.54, 1.807) is 20.8 Å². The van der Waals surface area contributed by atoms with E-state index in [1.807, 2.05) is 0 Å². The first-order chi connectivity index (χ1) is 6.29. The monoisotopic (exact) mass is 201 g/mol. The Hall–Kier alpha value is -1.10. The maximum atomic E-state index is 11.4. The number of esters is 1. The van der Waals surface area contributed by atoms with Crippen molar-refractivity contribution in [3.8, 4) is 0 Å². The van der Waals surface area contributed by atoms with Crippen molar-refractivity contribution in [2.24, 2.45) is 5.92 Å². The molecule has 0 aromatic carbocycles. The predicted molar refractivity (Wildman–Crippen MR) is 47.5 cm³/mol. The summed E-state index contributed by atoms with van der Waals surface area (Å²) in [5.74, 6) is -1.39. The molecule has 5 heteroatoms. The topological polar surface area (TPSA) is 66.8 Å². The lowest BCUT2D eigenvalue weighted by Crippen LogP contribution is -2.30. The summed E-state index contributed by atoms with van der Waals surface area (Å²) >= 11 is 0. The number of rotatable bonds is 1. The fraction of sp³-hybridized carbons (Fsp3) is 0.778. The fourth-order valence-electron chi connectivity index (χ4n) is 1.23. The number of hydrogen-bond acceptors (Lipinski definition) is 4. The van der Waals surface area contributed by atoms with Gasteiger partial charge in [0.05, 0.1) is 12.5 Å². The molecule has 1 N–H and O–H groups in total. The highest BCUT2D eigenvalue weighted by Crippen LogP contribution is 2.20. The standard InChI is InChI=1S/C9H15NO4/c1-9(2,3)14-8(12)6-4-7(11)10(13)5-6/h6,13H,4-5H2,1-3H3/t6-/m0/s1. The molecular weight excluding hydrogens is 186 g/mol. The molecule has 1 saturated heterocycles. The molecule has 1 amide bonds. The Morgan fingerprint density at radius 3 is 2.50 bits per heavy atom. The molecule has 0 radical (unpaired) electrons. The van der Waals surface area contributed by atoms with Crippen LogP contribution in [0, 0.1) is 5.92 Å². The summed E-state index contributed by atoms with van der Waals surface area (Å²) in [4.78, 5) is 22.4. The molecule has 1 heterocycles. The average Bonchev–Trinajstić information content (AvgIpc) is 2.28. The number of amides is 1. The van der Waals surface area contributed by atoms with Gasteiger partial charge in [0.25, 0.3) is 0 Å². The van der Waals surface area contributed by atoms with E-state index in [2.05, 4.69) is 0 Å². The van der Waals surface area contributed by atoms with Crippen LogP contribution in [0.3, 0.4) is 0 Å². The Bertz CT molecular complexity index is 256. The number of hydroxylamine groups is 2. The highest BCUT2D eigenvalue weighted by atomic mass is 16.6. The SMILES string of the molecule is CC(C)(C)OC(=O)[C@H]1CC(=O)N(O)C1. The number of ether oxygens (including phenoxy) is 1. The molecule has 80 valence electrons. The molecule has 1 rings (SSSR count). The van der Waals surface area contributed by atoms with E-state index in [-0.39, 0.29) is 13.0 Å². The van der Waals surface area contributed by atoms with Gasteiger partial charge in [-0.2, -0.15) is 0 Å². The molecule has 5 nitrogen and oxygen atoms in total. The van der Waals surface area contributed by atoms with E-state index in [0.717, 1.165) is 0 Å². The lowest BCUT2D eigenvalue weighted by Gasteiger charge is -2.21. The van der Waals surface area contributed by atoms with Gasteiger partial charge in [-0.3, -0.25) is 14.8 Å². The average molecular weight is 201 g/mol. The molecule has 1 fully saturated rings. The molecular formula is C9H15NO4. The Morgan fingerprint density at radius 1 is 1.57 bits per heavy atom. The van der Waals surface area contributed by atoms with E-state index in [4.69, 9.17) is 9.94 Å². The minimum absolute atomic E-state index is 0.0331. The van der Waals surface area contributed by atoms with Gasteiger partial charge in [-0.15, -0.1) is 0 Å². The second-order valence-electron chi connectivity index (χ2n) is 4.41. The summed E-state index contributed by atoms with van der Waals surface area (Å²) in [5, 5.41) is 9.56. The smallest absolute Gasteiger partial charge is 0.311 e. The summed E-state index contributed by atoms with van der Waals surface area (Å²) < 4.78 is 5.09. The van der Waals surface area contributed by atoms with Crippen molar-refractivity contribution in [1.29, 1.82) is 0 Å². The minimum Gasteiger partial charge on any atom is -0.460 e. The Morgan fingerprint density at radius 2 is 2.14 bits per heavy atom. The van der Waals surface area contributed by atoms with Crippen LogP contribution in [0.15, 0.2) is 0 Å². The van der Waals surface area contributed by atoms with Crippen LogP contribution in [-0.4, -0.2) is 34.3 Å². The summed E-state index contributed by atoms with van der Waals surface area (Å²) in [6, 6.07) is 0. The normalized spacial score (nSPS) is 22.7. The van der Waals surface area contributed by atoms with Crippen LogP contribution in [0.4, 0.5) is 0 Å². The second kappa shape index (κ2) is 3.57. The van der Waals surface area contributed by atoms with Gasteiger partial charge in [-0.1, -0.05) is 0 Å². The zero-order valence-electron chi connectivity index (χ0n) is 8.61. The quantitative estimate of drug-likeness (QED) is 0.497. The van der Waals surface area contributed by atoms with Crippen LogP contribution in [0.25, 0.3) is 0 Å². The lowest BCUT2D eigenvalue weighted by molar-refractivity contribution is -0.162. The molecule has 0 bridgehead atoms. The Balaban J connectivity index is 2.52. The van der Waals surface area contributed by atoms with Crippen LogP contribution in [-0.2, 0) is 14.3 Å². The van der Waals surface area contributed by atoms with E-state index in [0.29, 0.717) is 5.06 Å². The second-order valence-corrected chi connectivity index (χ2v) is 4.41. The van der Waals surface area contributed by atoms with Gasteiger partial charge in [-0.25, -0.2) is 5.06 Å². The van der Waals surface area contributed by atoms with Crippen molar-refractivity contribution >= 4 is 11.9 Å². The number of nitrogens with zero attached hydrogens (tertiary/aromatic N) is 1. The van der Waals surface area contributed by atoms with Crippen molar-refractivity contribution in [2.45, 2.75) is 32.8 Å². The minimum atomic E-state index is -0.553. The largest absolute Gasteiger partial charge is 0.460 e. The number of carbonyl (C=O) groups is 2. The Labute approximate surface area is 82.6 Å². The molecule has 0 spiro atoms. The van der Waals surface area contributed by atoms with E-state index in [9.17, 15) is 9.59 Å².